The van der Waals surface area contributed by atoms with Crippen LogP contribution < -0.4 is 10.5 Å². The van der Waals surface area contributed by atoms with Crippen molar-refractivity contribution in [3.63, 3.8) is 0 Å². The summed E-state index contributed by atoms with van der Waals surface area (Å²) in [4.78, 5) is 0. The van der Waals surface area contributed by atoms with E-state index in [2.05, 4.69) is 15.9 Å². The Bertz CT molecular complexity index is 574. The topological polar surface area (TPSA) is 35.2 Å². The zero-order valence-corrected chi connectivity index (χ0v) is 12.9. The quantitative estimate of drug-likeness (QED) is 0.890. The maximum absolute atomic E-state index is 6.14. The molecule has 0 amide bonds. The molecule has 0 aliphatic heterocycles. The third kappa shape index (κ3) is 3.50. The SMILES string of the molecule is Cc1ccccc1C(CN)Oc1cc(Br)ccc1Cl. The summed E-state index contributed by atoms with van der Waals surface area (Å²) in [5, 5.41) is 0.579. The lowest BCUT2D eigenvalue weighted by atomic mass is 10.0. The summed E-state index contributed by atoms with van der Waals surface area (Å²) in [5.41, 5.74) is 8.07. The molecule has 2 nitrogen and oxygen atoms in total. The first-order valence-corrected chi connectivity index (χ1v) is 7.16. The fourth-order valence-electron chi connectivity index (χ4n) is 1.91. The van der Waals surface area contributed by atoms with Crippen molar-refractivity contribution in [3.8, 4) is 5.75 Å². The number of halogens is 2. The van der Waals surface area contributed by atoms with Gasteiger partial charge in [-0.15, -0.1) is 0 Å². The largest absolute Gasteiger partial charge is 0.483 e. The third-order valence-electron chi connectivity index (χ3n) is 2.91. The number of rotatable bonds is 4. The zero-order valence-electron chi connectivity index (χ0n) is 10.6. The summed E-state index contributed by atoms with van der Waals surface area (Å²) >= 11 is 9.55. The van der Waals surface area contributed by atoms with Crippen molar-refractivity contribution in [3.05, 3.63) is 63.1 Å². The van der Waals surface area contributed by atoms with Gasteiger partial charge in [-0.1, -0.05) is 51.8 Å². The molecule has 0 fully saturated rings. The summed E-state index contributed by atoms with van der Waals surface area (Å²) in [6, 6.07) is 13.6. The Balaban J connectivity index is 2.29. The number of hydrogen-bond donors (Lipinski definition) is 1. The van der Waals surface area contributed by atoms with Crippen molar-refractivity contribution in [2.75, 3.05) is 6.54 Å². The van der Waals surface area contributed by atoms with E-state index in [0.717, 1.165) is 15.6 Å². The Morgan fingerprint density at radius 2 is 2.00 bits per heavy atom. The predicted octanol–water partition coefficient (Wildman–Crippen LogP) is 4.49. The third-order valence-corrected chi connectivity index (χ3v) is 3.72. The molecule has 2 rings (SSSR count). The molecule has 0 saturated heterocycles. The van der Waals surface area contributed by atoms with Crippen molar-refractivity contribution in [1.29, 1.82) is 0 Å². The molecule has 2 aromatic carbocycles. The molecule has 1 unspecified atom stereocenters. The van der Waals surface area contributed by atoms with Crippen LogP contribution in [0, 0.1) is 6.92 Å². The van der Waals surface area contributed by atoms with Gasteiger partial charge in [0.05, 0.1) is 5.02 Å². The van der Waals surface area contributed by atoms with Crippen molar-refractivity contribution < 1.29 is 4.74 Å². The zero-order chi connectivity index (χ0) is 13.8. The molecule has 0 saturated carbocycles. The van der Waals surface area contributed by atoms with E-state index in [4.69, 9.17) is 22.1 Å². The van der Waals surface area contributed by atoms with Gasteiger partial charge < -0.3 is 10.5 Å². The summed E-state index contributed by atoms with van der Waals surface area (Å²) in [5.74, 6) is 0.634. The Hall–Kier alpha value is -1.03. The van der Waals surface area contributed by atoms with Crippen molar-refractivity contribution in [2.45, 2.75) is 13.0 Å². The fourth-order valence-corrected chi connectivity index (χ4v) is 2.41. The first-order chi connectivity index (χ1) is 9.11. The maximum Gasteiger partial charge on any atom is 0.140 e. The summed E-state index contributed by atoms with van der Waals surface area (Å²) < 4.78 is 6.88. The monoisotopic (exact) mass is 339 g/mol. The van der Waals surface area contributed by atoms with Crippen LogP contribution >= 0.6 is 27.5 Å². The number of hydrogen-bond acceptors (Lipinski definition) is 2. The molecule has 2 aromatic rings. The van der Waals surface area contributed by atoms with Crippen molar-refractivity contribution in [2.24, 2.45) is 5.73 Å². The van der Waals surface area contributed by atoms with E-state index in [1.54, 1.807) is 6.07 Å². The number of ether oxygens (including phenoxy) is 1. The minimum Gasteiger partial charge on any atom is -0.483 e. The predicted molar refractivity (Wildman–Crippen MR) is 82.8 cm³/mol. The maximum atomic E-state index is 6.14. The highest BCUT2D eigenvalue weighted by molar-refractivity contribution is 9.10. The number of nitrogens with two attached hydrogens (primary N) is 1. The first-order valence-electron chi connectivity index (χ1n) is 5.99. The van der Waals surface area contributed by atoms with E-state index >= 15 is 0 Å². The molecule has 0 heterocycles. The normalized spacial score (nSPS) is 12.2. The molecule has 2 N–H and O–H groups in total. The fraction of sp³-hybridized carbons (Fsp3) is 0.200. The van der Waals surface area contributed by atoms with Gasteiger partial charge in [-0.25, -0.2) is 0 Å². The van der Waals surface area contributed by atoms with E-state index in [-0.39, 0.29) is 6.10 Å². The molecule has 0 spiro atoms. The summed E-state index contributed by atoms with van der Waals surface area (Å²) in [6.45, 7) is 2.44. The molecule has 4 heteroatoms. The van der Waals surface area contributed by atoms with E-state index in [1.165, 1.54) is 0 Å². The molecule has 0 aliphatic rings. The molecular formula is C15H15BrClNO. The molecule has 19 heavy (non-hydrogen) atoms. The van der Waals surface area contributed by atoms with Crippen LogP contribution in [-0.4, -0.2) is 6.54 Å². The van der Waals surface area contributed by atoms with Crippen LogP contribution in [0.25, 0.3) is 0 Å². The molecule has 0 aromatic heterocycles. The minimum atomic E-state index is -0.201. The van der Waals surface area contributed by atoms with Crippen LogP contribution in [0.5, 0.6) is 5.75 Å². The highest BCUT2D eigenvalue weighted by Gasteiger charge is 2.15. The highest BCUT2D eigenvalue weighted by atomic mass is 79.9. The molecule has 0 aliphatic carbocycles. The first kappa shape index (κ1) is 14.4. The Labute approximate surface area is 126 Å². The van der Waals surface area contributed by atoms with Gasteiger partial charge in [0.1, 0.15) is 11.9 Å². The molecular weight excluding hydrogens is 326 g/mol. The second kappa shape index (κ2) is 6.42. The summed E-state index contributed by atoms with van der Waals surface area (Å²) in [7, 11) is 0. The van der Waals surface area contributed by atoms with Gasteiger partial charge in [0, 0.05) is 11.0 Å². The number of aryl methyl sites for hydroxylation is 1. The molecule has 0 bridgehead atoms. The Morgan fingerprint density at radius 3 is 2.68 bits per heavy atom. The standard InChI is InChI=1S/C15H15BrClNO/c1-10-4-2-3-5-12(10)15(9-18)19-14-8-11(16)6-7-13(14)17/h2-8,15H,9,18H2,1H3. The van der Waals surface area contributed by atoms with Gasteiger partial charge in [-0.3, -0.25) is 0 Å². The lowest BCUT2D eigenvalue weighted by Crippen LogP contribution is -2.19. The average molecular weight is 341 g/mol. The summed E-state index contributed by atoms with van der Waals surface area (Å²) in [6.07, 6.45) is -0.201. The van der Waals surface area contributed by atoms with E-state index in [9.17, 15) is 0 Å². The van der Waals surface area contributed by atoms with Crippen LogP contribution in [0.15, 0.2) is 46.9 Å². The second-order valence-corrected chi connectivity index (χ2v) is 5.60. The lowest BCUT2D eigenvalue weighted by Gasteiger charge is -2.20. The lowest BCUT2D eigenvalue weighted by molar-refractivity contribution is 0.213. The second-order valence-electron chi connectivity index (χ2n) is 4.27. The van der Waals surface area contributed by atoms with Crippen molar-refractivity contribution >= 4 is 27.5 Å². The highest BCUT2D eigenvalue weighted by Crippen LogP contribution is 2.32. The van der Waals surface area contributed by atoms with Crippen LogP contribution in [0.2, 0.25) is 5.02 Å². The van der Waals surface area contributed by atoms with Crippen LogP contribution in [-0.2, 0) is 0 Å². The molecule has 0 radical (unpaired) electrons. The van der Waals surface area contributed by atoms with Crippen LogP contribution in [0.4, 0.5) is 0 Å². The van der Waals surface area contributed by atoms with Gasteiger partial charge in [-0.2, -0.15) is 0 Å². The van der Waals surface area contributed by atoms with Gasteiger partial charge in [0.2, 0.25) is 0 Å². The minimum absolute atomic E-state index is 0.201. The number of benzene rings is 2. The van der Waals surface area contributed by atoms with E-state index in [0.29, 0.717) is 17.3 Å². The van der Waals surface area contributed by atoms with Gasteiger partial charge in [0.25, 0.3) is 0 Å². The smallest absolute Gasteiger partial charge is 0.140 e. The molecule has 1 atom stereocenters. The van der Waals surface area contributed by atoms with Gasteiger partial charge in [-0.05, 0) is 36.2 Å². The van der Waals surface area contributed by atoms with Crippen LogP contribution in [0.3, 0.4) is 0 Å². The van der Waals surface area contributed by atoms with E-state index < -0.39 is 0 Å². The molecule has 100 valence electrons. The van der Waals surface area contributed by atoms with Gasteiger partial charge >= 0.3 is 0 Å². The van der Waals surface area contributed by atoms with E-state index in [1.807, 2.05) is 43.3 Å². The average Bonchev–Trinajstić information content (AvgIpc) is 2.41. The van der Waals surface area contributed by atoms with Gasteiger partial charge in [0.15, 0.2) is 0 Å². The Morgan fingerprint density at radius 1 is 1.26 bits per heavy atom. The van der Waals surface area contributed by atoms with Crippen LogP contribution in [0.1, 0.15) is 17.2 Å². The van der Waals surface area contributed by atoms with Crippen molar-refractivity contribution in [1.82, 2.24) is 0 Å². The Kier molecular flexibility index (Phi) is 4.86.